The fraction of sp³-hybridized carbons (Fsp3) is 0.310. The second-order valence-corrected chi connectivity index (χ2v) is 10.6. The lowest BCUT2D eigenvalue weighted by Gasteiger charge is -2.35. The summed E-state index contributed by atoms with van der Waals surface area (Å²) >= 11 is 12.8. The van der Waals surface area contributed by atoms with E-state index < -0.39 is 6.04 Å². The van der Waals surface area contributed by atoms with Crippen molar-refractivity contribution < 1.29 is 9.59 Å². The predicted molar refractivity (Wildman–Crippen MR) is 156 cm³/mol. The molecule has 0 saturated carbocycles. The van der Waals surface area contributed by atoms with E-state index >= 15 is 0 Å². The van der Waals surface area contributed by atoms with Crippen LogP contribution in [-0.2, 0) is 16.0 Å². The van der Waals surface area contributed by atoms with Crippen LogP contribution in [0.1, 0.15) is 23.1 Å². The van der Waals surface area contributed by atoms with Gasteiger partial charge in [0.15, 0.2) is 0 Å². The van der Waals surface area contributed by atoms with E-state index in [1.807, 2.05) is 48.5 Å². The summed E-state index contributed by atoms with van der Waals surface area (Å²) in [4.78, 5) is 40.5. The van der Waals surface area contributed by atoms with E-state index in [0.717, 1.165) is 54.4 Å². The highest BCUT2D eigenvalue weighted by atomic mass is 35.5. The van der Waals surface area contributed by atoms with Gasteiger partial charge in [-0.1, -0.05) is 41.4 Å². The molecule has 10 heteroatoms. The van der Waals surface area contributed by atoms with Crippen molar-refractivity contribution in [1.29, 1.82) is 0 Å². The molecular weight excluding hydrogens is 535 g/mol. The number of likely N-dealkylation sites (N-methyl/N-ethyl adjacent to an activating group) is 1. The summed E-state index contributed by atoms with van der Waals surface area (Å²) < 4.78 is 0. The lowest BCUT2D eigenvalue weighted by Crippen LogP contribution is -2.47. The van der Waals surface area contributed by atoms with Crippen LogP contribution in [0.2, 0.25) is 10.0 Å². The molecule has 0 bridgehead atoms. The zero-order valence-corrected chi connectivity index (χ0v) is 23.2. The van der Waals surface area contributed by atoms with E-state index in [-0.39, 0.29) is 11.8 Å². The van der Waals surface area contributed by atoms with Crippen molar-refractivity contribution in [3.05, 3.63) is 87.5 Å². The van der Waals surface area contributed by atoms with E-state index in [4.69, 9.17) is 38.9 Å². The molecule has 1 saturated heterocycles. The first-order valence-electron chi connectivity index (χ1n) is 12.9. The number of aromatic nitrogens is 1. The second kappa shape index (κ2) is 11.7. The first kappa shape index (κ1) is 27.1. The maximum absolute atomic E-state index is 13.5. The van der Waals surface area contributed by atoms with Crippen molar-refractivity contribution in [3.8, 4) is 0 Å². The summed E-state index contributed by atoms with van der Waals surface area (Å²) in [5.74, 6) is 0.475. The minimum Gasteiger partial charge on any atom is -0.370 e. The molecule has 0 aliphatic carbocycles. The lowest BCUT2D eigenvalue weighted by molar-refractivity contribution is -0.119. The molecule has 2 N–H and O–H groups in total. The number of carbonyl (C=O) groups excluding carboxylic acids is 2. The Morgan fingerprint density at radius 2 is 1.82 bits per heavy atom. The number of hydrogen-bond donors (Lipinski definition) is 1. The van der Waals surface area contributed by atoms with Gasteiger partial charge < -0.3 is 15.5 Å². The van der Waals surface area contributed by atoms with Crippen molar-refractivity contribution >= 4 is 52.2 Å². The van der Waals surface area contributed by atoms with Crippen LogP contribution in [0.3, 0.4) is 0 Å². The van der Waals surface area contributed by atoms with E-state index in [2.05, 4.69) is 9.80 Å². The van der Waals surface area contributed by atoms with E-state index in [1.54, 1.807) is 24.2 Å². The molecule has 2 aromatic carbocycles. The smallest absolute Gasteiger partial charge is 0.251 e. The van der Waals surface area contributed by atoms with Crippen molar-refractivity contribution in [2.24, 2.45) is 10.7 Å². The van der Waals surface area contributed by atoms with Gasteiger partial charge in [0, 0.05) is 80.0 Å². The molecule has 2 aliphatic heterocycles. The highest BCUT2D eigenvalue weighted by molar-refractivity contribution is 6.32. The summed E-state index contributed by atoms with van der Waals surface area (Å²) in [6.45, 7) is 3.98. The van der Waals surface area contributed by atoms with Gasteiger partial charge in [0.1, 0.15) is 11.9 Å². The molecule has 3 heterocycles. The van der Waals surface area contributed by atoms with Gasteiger partial charge in [0.2, 0.25) is 5.91 Å². The Morgan fingerprint density at radius 1 is 1.05 bits per heavy atom. The van der Waals surface area contributed by atoms with Crippen LogP contribution in [-0.4, -0.2) is 73.2 Å². The molecule has 202 valence electrons. The summed E-state index contributed by atoms with van der Waals surface area (Å²) in [6, 6.07) is 16.3. The SMILES string of the molecule is CN1C(=O)C(Cc2ccccc2Cl)N=C(c2ccc(N3CCN(CCC(N)=O)CC3)nc2)c2cc(Cl)ccc21. The molecule has 0 radical (unpaired) electrons. The lowest BCUT2D eigenvalue weighted by atomic mass is 10.0. The van der Waals surface area contributed by atoms with Crippen molar-refractivity contribution in [3.63, 3.8) is 0 Å². The zero-order valence-electron chi connectivity index (χ0n) is 21.7. The number of pyridine rings is 1. The Hall–Kier alpha value is -3.46. The first-order valence-corrected chi connectivity index (χ1v) is 13.7. The number of anilines is 2. The van der Waals surface area contributed by atoms with Gasteiger partial charge >= 0.3 is 0 Å². The Bertz CT molecular complexity index is 1400. The van der Waals surface area contributed by atoms with Gasteiger partial charge in [-0.05, 0) is 42.0 Å². The van der Waals surface area contributed by atoms with Gasteiger partial charge in [0.05, 0.1) is 11.4 Å². The maximum atomic E-state index is 13.5. The number of nitrogens with zero attached hydrogens (tertiary/aromatic N) is 5. The highest BCUT2D eigenvalue weighted by Gasteiger charge is 2.31. The third-order valence-electron chi connectivity index (χ3n) is 7.24. The number of hydrogen-bond acceptors (Lipinski definition) is 6. The monoisotopic (exact) mass is 564 g/mol. The molecule has 1 unspecified atom stereocenters. The van der Waals surface area contributed by atoms with Gasteiger partial charge in [-0.15, -0.1) is 0 Å². The standard InChI is InChI=1S/C29H30Cl2N6O2/c1-35-25-8-7-21(30)17-22(25)28(34-24(29(35)39)16-19-4-2-3-5-23(19)31)20-6-9-27(33-18-20)37-14-12-36(13-15-37)11-10-26(32)38/h2-9,17-18,24H,10-16H2,1H3,(H2,32,38). The van der Waals surface area contributed by atoms with Crippen LogP contribution < -0.4 is 15.5 Å². The fourth-order valence-corrected chi connectivity index (χ4v) is 5.42. The van der Waals surface area contributed by atoms with Crippen LogP contribution in [0.5, 0.6) is 0 Å². The summed E-state index contributed by atoms with van der Waals surface area (Å²) in [6.07, 6.45) is 2.55. The molecule has 8 nitrogen and oxygen atoms in total. The number of primary amides is 1. The number of carbonyl (C=O) groups is 2. The fourth-order valence-electron chi connectivity index (χ4n) is 5.03. The molecule has 1 fully saturated rings. The average Bonchev–Trinajstić information content (AvgIpc) is 3.04. The minimum atomic E-state index is -0.663. The van der Waals surface area contributed by atoms with Gasteiger partial charge in [-0.3, -0.25) is 19.5 Å². The number of nitrogens with two attached hydrogens (primary N) is 1. The van der Waals surface area contributed by atoms with Crippen molar-refractivity contribution in [1.82, 2.24) is 9.88 Å². The molecule has 3 aromatic rings. The number of aliphatic imine (C=N–C) groups is 1. The summed E-state index contributed by atoms with van der Waals surface area (Å²) in [7, 11) is 1.76. The van der Waals surface area contributed by atoms with Crippen molar-refractivity contribution in [2.75, 3.05) is 49.6 Å². The van der Waals surface area contributed by atoms with E-state index in [0.29, 0.717) is 35.1 Å². The first-order chi connectivity index (χ1) is 18.8. The van der Waals surface area contributed by atoms with Crippen LogP contribution in [0, 0.1) is 0 Å². The largest absolute Gasteiger partial charge is 0.370 e. The quantitative estimate of drug-likeness (QED) is 0.470. The normalized spacial score (nSPS) is 18.0. The maximum Gasteiger partial charge on any atom is 0.251 e. The third kappa shape index (κ3) is 6.08. The highest BCUT2D eigenvalue weighted by Crippen LogP contribution is 2.32. The minimum absolute atomic E-state index is 0.118. The average molecular weight is 566 g/mol. The Labute approximate surface area is 238 Å². The molecule has 1 aromatic heterocycles. The zero-order chi connectivity index (χ0) is 27.5. The van der Waals surface area contributed by atoms with Crippen LogP contribution in [0.15, 0.2) is 65.8 Å². The Morgan fingerprint density at radius 3 is 2.51 bits per heavy atom. The van der Waals surface area contributed by atoms with Gasteiger partial charge in [-0.2, -0.15) is 0 Å². The molecular formula is C29H30Cl2N6O2. The number of amides is 2. The number of halogens is 2. The Kier molecular flexibility index (Phi) is 8.16. The van der Waals surface area contributed by atoms with Gasteiger partial charge in [0.25, 0.3) is 5.91 Å². The number of rotatable bonds is 7. The number of piperazine rings is 1. The van der Waals surface area contributed by atoms with Crippen molar-refractivity contribution in [2.45, 2.75) is 18.9 Å². The molecule has 0 spiro atoms. The molecule has 1 atom stereocenters. The number of fused-ring (bicyclic) bond motifs is 1. The van der Waals surface area contributed by atoms with Gasteiger partial charge in [-0.25, -0.2) is 4.98 Å². The predicted octanol–water partition coefficient (Wildman–Crippen LogP) is 3.81. The van der Waals surface area contributed by atoms with E-state index in [9.17, 15) is 9.59 Å². The Balaban J connectivity index is 1.44. The summed E-state index contributed by atoms with van der Waals surface area (Å²) in [5.41, 5.74) is 9.13. The van der Waals surface area contributed by atoms with E-state index in [1.165, 1.54) is 0 Å². The topological polar surface area (TPSA) is 95.1 Å². The van der Waals surface area contributed by atoms with Crippen LogP contribution in [0.25, 0.3) is 0 Å². The van der Waals surface area contributed by atoms with Crippen LogP contribution in [0.4, 0.5) is 11.5 Å². The van der Waals surface area contributed by atoms with Crippen LogP contribution >= 0.6 is 23.2 Å². The molecule has 2 amide bonds. The molecule has 39 heavy (non-hydrogen) atoms. The summed E-state index contributed by atoms with van der Waals surface area (Å²) in [5, 5.41) is 1.17. The number of benzene rings is 2. The third-order valence-corrected chi connectivity index (χ3v) is 7.84. The second-order valence-electron chi connectivity index (χ2n) is 9.80. The molecule has 2 aliphatic rings. The molecule has 5 rings (SSSR count). The number of benzodiazepines with no additional fused rings is 1.